The summed E-state index contributed by atoms with van der Waals surface area (Å²) in [5.74, 6) is -0.134. The molecule has 0 saturated carbocycles. The maximum absolute atomic E-state index is 11.8. The van der Waals surface area contributed by atoms with E-state index in [2.05, 4.69) is 33.1 Å². The molecule has 0 aliphatic heterocycles. The van der Waals surface area contributed by atoms with Crippen LogP contribution in [0.25, 0.3) is 0 Å². The second-order valence-corrected chi connectivity index (χ2v) is 6.30. The minimum atomic E-state index is -0.290. The molecular formula is C14H10I2N2O2. The normalized spacial score (nSPS) is 10.7. The van der Waals surface area contributed by atoms with Gasteiger partial charge in [0.05, 0.1) is 9.78 Å². The zero-order chi connectivity index (χ0) is 14.5. The van der Waals surface area contributed by atoms with Crippen LogP contribution < -0.4 is 5.43 Å². The highest BCUT2D eigenvalue weighted by Crippen LogP contribution is 2.25. The van der Waals surface area contributed by atoms with E-state index >= 15 is 0 Å². The summed E-state index contributed by atoms with van der Waals surface area (Å²) in [6, 6.07) is 12.5. The molecule has 0 heterocycles. The van der Waals surface area contributed by atoms with Crippen molar-refractivity contribution in [2.24, 2.45) is 5.10 Å². The summed E-state index contributed by atoms with van der Waals surface area (Å²) in [6.45, 7) is 0. The molecule has 0 aliphatic rings. The fraction of sp³-hybridized carbons (Fsp3) is 0. The summed E-state index contributed by atoms with van der Waals surface area (Å²) < 4.78 is 1.73. The molecule has 0 aromatic heterocycles. The Kier molecular flexibility index (Phi) is 5.35. The molecule has 4 nitrogen and oxygen atoms in total. The Hall–Kier alpha value is -1.16. The Morgan fingerprint density at radius 2 is 1.90 bits per heavy atom. The van der Waals surface area contributed by atoms with E-state index in [0.717, 1.165) is 7.14 Å². The Morgan fingerprint density at radius 3 is 2.60 bits per heavy atom. The van der Waals surface area contributed by atoms with Gasteiger partial charge in [-0.3, -0.25) is 4.79 Å². The molecule has 2 aromatic carbocycles. The highest BCUT2D eigenvalue weighted by molar-refractivity contribution is 14.1. The van der Waals surface area contributed by atoms with Crippen molar-refractivity contribution < 1.29 is 9.90 Å². The number of hydrogen-bond acceptors (Lipinski definition) is 3. The van der Waals surface area contributed by atoms with E-state index in [9.17, 15) is 9.90 Å². The third kappa shape index (κ3) is 3.92. The van der Waals surface area contributed by atoms with Crippen molar-refractivity contribution in [2.75, 3.05) is 0 Å². The van der Waals surface area contributed by atoms with Crippen molar-refractivity contribution in [2.45, 2.75) is 0 Å². The quantitative estimate of drug-likeness (QED) is 0.393. The van der Waals surface area contributed by atoms with Gasteiger partial charge in [-0.05, 0) is 69.4 Å². The molecule has 0 fully saturated rings. The number of rotatable bonds is 3. The number of benzene rings is 2. The van der Waals surface area contributed by atoms with E-state index in [4.69, 9.17) is 0 Å². The Labute approximate surface area is 143 Å². The maximum Gasteiger partial charge on any atom is 0.271 e. The van der Waals surface area contributed by atoms with E-state index in [1.165, 1.54) is 6.21 Å². The average molecular weight is 492 g/mol. The molecule has 0 atom stereocenters. The van der Waals surface area contributed by atoms with Gasteiger partial charge in [-0.15, -0.1) is 0 Å². The number of carbonyl (C=O) groups excluding carboxylic acids is 1. The van der Waals surface area contributed by atoms with Gasteiger partial charge in [0.1, 0.15) is 5.75 Å². The molecule has 0 spiro atoms. The number of amides is 1. The van der Waals surface area contributed by atoms with Crippen molar-refractivity contribution in [1.29, 1.82) is 0 Å². The fourth-order valence-corrected chi connectivity index (χ4v) is 3.39. The summed E-state index contributed by atoms with van der Waals surface area (Å²) in [5, 5.41) is 13.8. The van der Waals surface area contributed by atoms with E-state index in [-0.39, 0.29) is 11.7 Å². The van der Waals surface area contributed by atoms with Crippen LogP contribution >= 0.6 is 45.2 Å². The van der Waals surface area contributed by atoms with Gasteiger partial charge < -0.3 is 5.11 Å². The van der Waals surface area contributed by atoms with Gasteiger partial charge in [0.2, 0.25) is 0 Å². The smallest absolute Gasteiger partial charge is 0.271 e. The Balaban J connectivity index is 2.10. The second kappa shape index (κ2) is 7.02. The summed E-state index contributed by atoms with van der Waals surface area (Å²) >= 11 is 4.20. The zero-order valence-corrected chi connectivity index (χ0v) is 14.5. The molecule has 102 valence electrons. The fourth-order valence-electron chi connectivity index (χ4n) is 1.50. The number of nitrogens with one attached hydrogen (secondary N) is 1. The number of hydrogen-bond donors (Lipinski definition) is 2. The minimum Gasteiger partial charge on any atom is -0.506 e. The van der Waals surface area contributed by atoms with Crippen molar-refractivity contribution in [1.82, 2.24) is 5.43 Å². The second-order valence-electron chi connectivity index (χ2n) is 3.89. The molecule has 2 N–H and O–H groups in total. The van der Waals surface area contributed by atoms with Crippen LogP contribution in [0.4, 0.5) is 0 Å². The van der Waals surface area contributed by atoms with Crippen molar-refractivity contribution in [3.05, 3.63) is 60.7 Å². The summed E-state index contributed by atoms with van der Waals surface area (Å²) in [6.07, 6.45) is 1.43. The topological polar surface area (TPSA) is 61.7 Å². The molecule has 20 heavy (non-hydrogen) atoms. The first-order chi connectivity index (χ1) is 9.58. The third-order valence-corrected chi connectivity index (χ3v) is 3.91. The van der Waals surface area contributed by atoms with Crippen LogP contribution in [0.5, 0.6) is 5.75 Å². The molecule has 2 rings (SSSR count). The molecular weight excluding hydrogens is 482 g/mol. The van der Waals surface area contributed by atoms with E-state index in [0.29, 0.717) is 11.1 Å². The molecule has 0 radical (unpaired) electrons. The van der Waals surface area contributed by atoms with Gasteiger partial charge in [-0.1, -0.05) is 18.2 Å². The van der Waals surface area contributed by atoms with Crippen LogP contribution in [0.15, 0.2) is 47.6 Å². The number of nitrogens with zero attached hydrogens (tertiary/aromatic N) is 1. The van der Waals surface area contributed by atoms with E-state index < -0.39 is 0 Å². The van der Waals surface area contributed by atoms with Crippen LogP contribution in [-0.4, -0.2) is 17.2 Å². The molecule has 0 unspecified atom stereocenters. The lowest BCUT2D eigenvalue weighted by Crippen LogP contribution is -2.17. The first-order valence-electron chi connectivity index (χ1n) is 5.64. The maximum atomic E-state index is 11.8. The lowest BCUT2D eigenvalue weighted by Gasteiger charge is -2.03. The average Bonchev–Trinajstić information content (AvgIpc) is 2.44. The van der Waals surface area contributed by atoms with Gasteiger partial charge in [0.25, 0.3) is 5.91 Å². The molecule has 6 heteroatoms. The third-order valence-electron chi connectivity index (χ3n) is 2.46. The van der Waals surface area contributed by atoms with Crippen molar-refractivity contribution in [3.63, 3.8) is 0 Å². The molecule has 0 saturated heterocycles. The van der Waals surface area contributed by atoms with E-state index in [1.807, 2.05) is 34.7 Å². The van der Waals surface area contributed by atoms with Crippen LogP contribution in [0.2, 0.25) is 0 Å². The standard InChI is InChI=1S/C14H10I2N2O2/c15-11-6-10(13(19)12(16)7-11)8-17-18-14(20)9-4-2-1-3-5-9/h1-8,19H,(H,18,20). The van der Waals surface area contributed by atoms with Crippen LogP contribution in [0.3, 0.4) is 0 Å². The number of hydrazone groups is 1. The van der Waals surface area contributed by atoms with Gasteiger partial charge >= 0.3 is 0 Å². The lowest BCUT2D eigenvalue weighted by atomic mass is 10.2. The Bertz CT molecular complexity index is 658. The van der Waals surface area contributed by atoms with Crippen molar-refractivity contribution >= 4 is 57.3 Å². The van der Waals surface area contributed by atoms with Crippen LogP contribution in [-0.2, 0) is 0 Å². The first kappa shape index (κ1) is 15.2. The SMILES string of the molecule is O=C(NN=Cc1cc(I)cc(I)c1O)c1ccccc1. The van der Waals surface area contributed by atoms with Crippen LogP contribution in [0.1, 0.15) is 15.9 Å². The van der Waals surface area contributed by atoms with Gasteiger partial charge in [0.15, 0.2) is 0 Å². The van der Waals surface area contributed by atoms with Gasteiger partial charge in [-0.2, -0.15) is 5.10 Å². The molecule has 2 aromatic rings. The summed E-state index contributed by atoms with van der Waals surface area (Å²) in [7, 11) is 0. The highest BCUT2D eigenvalue weighted by atomic mass is 127. The Morgan fingerprint density at radius 1 is 1.20 bits per heavy atom. The largest absolute Gasteiger partial charge is 0.506 e. The number of phenolic OH excluding ortho intramolecular Hbond substituents is 1. The van der Waals surface area contributed by atoms with Crippen molar-refractivity contribution in [3.8, 4) is 5.75 Å². The van der Waals surface area contributed by atoms with Gasteiger partial charge in [-0.25, -0.2) is 5.43 Å². The monoisotopic (exact) mass is 492 g/mol. The van der Waals surface area contributed by atoms with E-state index in [1.54, 1.807) is 30.3 Å². The number of carbonyl (C=O) groups is 1. The highest BCUT2D eigenvalue weighted by Gasteiger charge is 2.06. The summed E-state index contributed by atoms with van der Waals surface area (Å²) in [5.41, 5.74) is 3.53. The number of phenols is 1. The first-order valence-corrected chi connectivity index (χ1v) is 7.80. The predicted molar refractivity (Wildman–Crippen MR) is 95.0 cm³/mol. The molecule has 0 aliphatic carbocycles. The zero-order valence-electron chi connectivity index (χ0n) is 10.2. The van der Waals surface area contributed by atoms with Gasteiger partial charge in [0, 0.05) is 14.7 Å². The number of halogens is 2. The number of aromatic hydroxyl groups is 1. The predicted octanol–water partition coefficient (Wildman–Crippen LogP) is 3.37. The minimum absolute atomic E-state index is 0.156. The van der Waals surface area contributed by atoms with Crippen LogP contribution in [0, 0.1) is 7.14 Å². The summed E-state index contributed by atoms with van der Waals surface area (Å²) in [4.78, 5) is 11.8. The molecule has 0 bridgehead atoms. The lowest BCUT2D eigenvalue weighted by molar-refractivity contribution is 0.0955. The molecule has 1 amide bonds.